The molecule has 0 aliphatic carbocycles. The molecule has 122 valence electrons. The second-order valence-electron chi connectivity index (χ2n) is 6.26. The number of hydrogen-bond acceptors (Lipinski definition) is 3. The Balaban J connectivity index is 1.99. The van der Waals surface area contributed by atoms with E-state index in [1.807, 2.05) is 13.8 Å². The Morgan fingerprint density at radius 3 is 2.82 bits per heavy atom. The lowest BCUT2D eigenvalue weighted by Gasteiger charge is -2.27. The van der Waals surface area contributed by atoms with Crippen LogP contribution in [0.15, 0.2) is 18.2 Å². The summed E-state index contributed by atoms with van der Waals surface area (Å²) in [6.45, 7) is 4.38. The SMILES string of the molecule is CC(C)(CNC(=O)[C@@H]1CC[C@H](CN)O1)c1c(F)cccc1Cl. The number of benzene rings is 1. The number of amides is 1. The molecule has 1 aliphatic heterocycles. The van der Waals surface area contributed by atoms with E-state index in [0.717, 1.165) is 6.42 Å². The minimum atomic E-state index is -0.621. The van der Waals surface area contributed by atoms with Crippen LogP contribution in [-0.4, -0.2) is 31.2 Å². The minimum Gasteiger partial charge on any atom is -0.364 e. The third-order valence-electron chi connectivity index (χ3n) is 4.01. The van der Waals surface area contributed by atoms with Crippen LogP contribution in [-0.2, 0) is 14.9 Å². The van der Waals surface area contributed by atoms with Crippen molar-refractivity contribution in [2.75, 3.05) is 13.1 Å². The molecule has 0 unspecified atom stereocenters. The van der Waals surface area contributed by atoms with Crippen molar-refractivity contribution in [3.63, 3.8) is 0 Å². The maximum absolute atomic E-state index is 14.0. The molecule has 1 heterocycles. The molecule has 1 aromatic rings. The van der Waals surface area contributed by atoms with E-state index < -0.39 is 11.5 Å². The third-order valence-corrected chi connectivity index (χ3v) is 4.32. The van der Waals surface area contributed by atoms with Crippen molar-refractivity contribution in [1.29, 1.82) is 0 Å². The van der Waals surface area contributed by atoms with Crippen molar-refractivity contribution in [2.45, 2.75) is 44.3 Å². The highest BCUT2D eigenvalue weighted by Crippen LogP contribution is 2.31. The lowest BCUT2D eigenvalue weighted by molar-refractivity contribution is -0.132. The van der Waals surface area contributed by atoms with Crippen LogP contribution in [0.5, 0.6) is 0 Å². The molecule has 2 rings (SSSR count). The molecule has 1 saturated heterocycles. The summed E-state index contributed by atoms with van der Waals surface area (Å²) >= 11 is 6.10. The molecule has 4 nitrogen and oxygen atoms in total. The van der Waals surface area contributed by atoms with E-state index in [1.54, 1.807) is 12.1 Å². The van der Waals surface area contributed by atoms with Crippen LogP contribution < -0.4 is 11.1 Å². The van der Waals surface area contributed by atoms with Crippen LogP contribution in [0.1, 0.15) is 32.3 Å². The lowest BCUT2D eigenvalue weighted by atomic mass is 9.84. The second-order valence-corrected chi connectivity index (χ2v) is 6.67. The molecular weight excluding hydrogens is 307 g/mol. The molecule has 1 amide bonds. The summed E-state index contributed by atoms with van der Waals surface area (Å²) in [5.74, 6) is -0.552. The zero-order valence-electron chi connectivity index (χ0n) is 12.9. The molecule has 2 atom stereocenters. The van der Waals surface area contributed by atoms with Gasteiger partial charge in [-0.25, -0.2) is 4.39 Å². The largest absolute Gasteiger partial charge is 0.364 e. The zero-order chi connectivity index (χ0) is 16.3. The molecule has 0 bridgehead atoms. The fraction of sp³-hybridized carbons (Fsp3) is 0.562. The number of rotatable bonds is 5. The van der Waals surface area contributed by atoms with Gasteiger partial charge in [-0.3, -0.25) is 4.79 Å². The van der Waals surface area contributed by atoms with Crippen molar-refractivity contribution in [3.8, 4) is 0 Å². The van der Waals surface area contributed by atoms with E-state index in [1.165, 1.54) is 6.07 Å². The number of carbonyl (C=O) groups excluding carboxylic acids is 1. The van der Waals surface area contributed by atoms with Crippen molar-refractivity contribution < 1.29 is 13.9 Å². The summed E-state index contributed by atoms with van der Waals surface area (Å²) in [6.07, 6.45) is 0.927. The van der Waals surface area contributed by atoms with Gasteiger partial charge in [0.2, 0.25) is 5.91 Å². The lowest BCUT2D eigenvalue weighted by Crippen LogP contribution is -2.42. The number of nitrogens with one attached hydrogen (secondary N) is 1. The van der Waals surface area contributed by atoms with E-state index in [0.29, 0.717) is 23.6 Å². The first kappa shape index (κ1) is 17.2. The quantitative estimate of drug-likeness (QED) is 0.872. The molecule has 1 fully saturated rings. The van der Waals surface area contributed by atoms with E-state index >= 15 is 0 Å². The average molecular weight is 329 g/mol. The fourth-order valence-corrected chi connectivity index (χ4v) is 3.15. The molecule has 0 spiro atoms. The number of nitrogens with two attached hydrogens (primary N) is 1. The van der Waals surface area contributed by atoms with Crippen LogP contribution in [0.3, 0.4) is 0 Å². The standard InChI is InChI=1S/C16H22ClFN2O2/c1-16(2,14-11(17)4-3-5-12(14)18)9-20-15(21)13-7-6-10(8-19)22-13/h3-5,10,13H,6-9,19H2,1-2H3,(H,20,21)/t10-,13+/m1/s1. The van der Waals surface area contributed by atoms with Gasteiger partial charge in [0.25, 0.3) is 0 Å². The highest BCUT2D eigenvalue weighted by molar-refractivity contribution is 6.31. The monoisotopic (exact) mass is 328 g/mol. The Hall–Kier alpha value is -1.17. The van der Waals surface area contributed by atoms with Gasteiger partial charge in [0.05, 0.1) is 6.10 Å². The molecule has 3 N–H and O–H groups in total. The van der Waals surface area contributed by atoms with Gasteiger partial charge in [0.1, 0.15) is 11.9 Å². The van der Waals surface area contributed by atoms with Crippen molar-refractivity contribution in [3.05, 3.63) is 34.6 Å². The summed E-state index contributed by atoms with van der Waals surface area (Å²) in [5.41, 5.74) is 5.32. The maximum atomic E-state index is 14.0. The first-order valence-electron chi connectivity index (χ1n) is 7.43. The van der Waals surface area contributed by atoms with Crippen molar-refractivity contribution in [2.24, 2.45) is 5.73 Å². The van der Waals surface area contributed by atoms with Gasteiger partial charge in [0, 0.05) is 29.1 Å². The van der Waals surface area contributed by atoms with Gasteiger partial charge in [-0.1, -0.05) is 31.5 Å². The highest BCUT2D eigenvalue weighted by atomic mass is 35.5. The predicted octanol–water partition coefficient (Wildman–Crippen LogP) is 2.38. The van der Waals surface area contributed by atoms with Gasteiger partial charge in [0.15, 0.2) is 0 Å². The van der Waals surface area contributed by atoms with Crippen molar-refractivity contribution >= 4 is 17.5 Å². The number of carbonyl (C=O) groups is 1. The summed E-state index contributed by atoms with van der Waals surface area (Å²) in [7, 11) is 0. The van der Waals surface area contributed by atoms with E-state index in [-0.39, 0.29) is 24.4 Å². The first-order chi connectivity index (χ1) is 10.3. The fourth-order valence-electron chi connectivity index (χ4n) is 2.73. The van der Waals surface area contributed by atoms with Gasteiger partial charge in [-0.15, -0.1) is 0 Å². The normalized spacial score (nSPS) is 21.9. The second kappa shape index (κ2) is 6.94. The molecule has 6 heteroatoms. The first-order valence-corrected chi connectivity index (χ1v) is 7.80. The predicted molar refractivity (Wildman–Crippen MR) is 84.4 cm³/mol. The Morgan fingerprint density at radius 2 is 2.23 bits per heavy atom. The highest BCUT2D eigenvalue weighted by Gasteiger charge is 2.32. The Bertz CT molecular complexity index is 531. The number of ether oxygens (including phenoxy) is 1. The van der Waals surface area contributed by atoms with Gasteiger partial charge >= 0.3 is 0 Å². The van der Waals surface area contributed by atoms with Crippen LogP contribution in [0.25, 0.3) is 0 Å². The van der Waals surface area contributed by atoms with E-state index in [4.69, 9.17) is 22.1 Å². The Morgan fingerprint density at radius 1 is 1.50 bits per heavy atom. The maximum Gasteiger partial charge on any atom is 0.249 e. The molecular formula is C16H22ClFN2O2. The molecule has 0 radical (unpaired) electrons. The van der Waals surface area contributed by atoms with Crippen LogP contribution in [0.4, 0.5) is 4.39 Å². The molecule has 1 aromatic carbocycles. The van der Waals surface area contributed by atoms with E-state index in [2.05, 4.69) is 5.32 Å². The van der Waals surface area contributed by atoms with Gasteiger partial charge < -0.3 is 15.8 Å². The molecule has 22 heavy (non-hydrogen) atoms. The summed E-state index contributed by atoms with van der Waals surface area (Å²) in [6, 6.07) is 4.58. The van der Waals surface area contributed by atoms with Crippen LogP contribution in [0.2, 0.25) is 5.02 Å². The van der Waals surface area contributed by atoms with Gasteiger partial charge in [-0.2, -0.15) is 0 Å². The summed E-state index contributed by atoms with van der Waals surface area (Å²) in [4.78, 5) is 12.2. The minimum absolute atomic E-state index is 0.0511. The Kier molecular flexibility index (Phi) is 5.42. The smallest absolute Gasteiger partial charge is 0.249 e. The molecule has 0 aromatic heterocycles. The van der Waals surface area contributed by atoms with E-state index in [9.17, 15) is 9.18 Å². The third kappa shape index (κ3) is 3.77. The Labute approximate surface area is 135 Å². The zero-order valence-corrected chi connectivity index (χ0v) is 13.6. The molecule has 1 aliphatic rings. The average Bonchev–Trinajstić information content (AvgIpc) is 2.93. The van der Waals surface area contributed by atoms with Crippen LogP contribution in [0, 0.1) is 5.82 Å². The topological polar surface area (TPSA) is 64.4 Å². The number of hydrogen-bond donors (Lipinski definition) is 2. The molecule has 0 saturated carbocycles. The van der Waals surface area contributed by atoms with Crippen molar-refractivity contribution in [1.82, 2.24) is 5.32 Å². The summed E-state index contributed by atoms with van der Waals surface area (Å²) in [5, 5.41) is 3.19. The van der Waals surface area contributed by atoms with Gasteiger partial charge in [-0.05, 0) is 25.0 Å². The number of halogens is 2. The van der Waals surface area contributed by atoms with Crippen LogP contribution >= 0.6 is 11.6 Å². The summed E-state index contributed by atoms with van der Waals surface area (Å²) < 4.78 is 19.6.